The van der Waals surface area contributed by atoms with E-state index in [1.165, 1.54) is 12.1 Å². The molecule has 0 aliphatic carbocycles. The highest BCUT2D eigenvalue weighted by Gasteiger charge is 2.12. The first kappa shape index (κ1) is 8.49. The summed E-state index contributed by atoms with van der Waals surface area (Å²) in [6.07, 6.45) is 0. The largest absolute Gasteiger partial charge is 0.285 e. The van der Waals surface area contributed by atoms with Crippen LogP contribution in [0.15, 0.2) is 22.7 Å². The van der Waals surface area contributed by atoms with Crippen LogP contribution >= 0.6 is 27.5 Å². The second kappa shape index (κ2) is 3.19. The number of nitro groups is 1. The summed E-state index contributed by atoms with van der Waals surface area (Å²) < 4.78 is 0.326. The van der Waals surface area contributed by atoms with Crippen LogP contribution in [0, 0.1) is 10.1 Å². The molecular formula is C6H3BrClNO2. The Labute approximate surface area is 76.3 Å². The van der Waals surface area contributed by atoms with Gasteiger partial charge in [-0.2, -0.15) is 0 Å². The van der Waals surface area contributed by atoms with E-state index in [4.69, 9.17) is 11.6 Å². The van der Waals surface area contributed by atoms with Crippen molar-refractivity contribution in [1.82, 2.24) is 0 Å². The molecule has 0 fully saturated rings. The van der Waals surface area contributed by atoms with E-state index in [1.54, 1.807) is 6.07 Å². The Kier molecular flexibility index (Phi) is 2.46. The Hall–Kier alpha value is -0.610. The molecule has 0 saturated carbocycles. The molecule has 1 aromatic carbocycles. The monoisotopic (exact) mass is 235 g/mol. The van der Waals surface area contributed by atoms with Gasteiger partial charge in [0.25, 0.3) is 5.69 Å². The summed E-state index contributed by atoms with van der Waals surface area (Å²) in [5.74, 6) is 0. The molecule has 0 atom stereocenters. The first-order chi connectivity index (χ1) is 5.13. The number of nitrogens with zero attached hydrogens (tertiary/aromatic N) is 1. The molecule has 3 nitrogen and oxygen atoms in total. The molecule has 0 spiro atoms. The molecule has 0 aliphatic rings. The van der Waals surface area contributed by atoms with Crippen molar-refractivity contribution >= 4 is 33.2 Å². The molecular weight excluding hydrogens is 233 g/mol. The van der Waals surface area contributed by atoms with Crippen molar-refractivity contribution in [2.75, 3.05) is 0 Å². The Morgan fingerprint density at radius 3 is 2.64 bits per heavy atom. The zero-order valence-corrected chi connectivity index (χ0v) is 7.59. The topological polar surface area (TPSA) is 43.1 Å². The average molecular weight is 236 g/mol. The van der Waals surface area contributed by atoms with Crippen LogP contribution in [0.25, 0.3) is 0 Å². The number of benzene rings is 1. The van der Waals surface area contributed by atoms with Gasteiger partial charge in [0.1, 0.15) is 4.47 Å². The van der Waals surface area contributed by atoms with Gasteiger partial charge in [0.05, 0.1) is 9.95 Å². The fourth-order valence-electron chi connectivity index (χ4n) is 0.633. The Morgan fingerprint density at radius 2 is 2.18 bits per heavy atom. The molecule has 0 amide bonds. The molecule has 0 aliphatic heterocycles. The summed E-state index contributed by atoms with van der Waals surface area (Å²) in [5, 5.41) is 10.6. The first-order valence-electron chi connectivity index (χ1n) is 2.71. The van der Waals surface area contributed by atoms with Crippen LogP contribution in [0.1, 0.15) is 0 Å². The van der Waals surface area contributed by atoms with E-state index in [0.717, 1.165) is 0 Å². The molecule has 0 bridgehead atoms. The summed E-state index contributed by atoms with van der Waals surface area (Å²) in [7, 11) is 0. The van der Waals surface area contributed by atoms with E-state index in [1.807, 2.05) is 0 Å². The lowest BCUT2D eigenvalue weighted by Gasteiger charge is -1.95. The summed E-state index contributed by atoms with van der Waals surface area (Å²) in [4.78, 5) is 9.80. The number of hydrogen-bond acceptors (Lipinski definition) is 2. The lowest BCUT2D eigenvalue weighted by atomic mass is 10.3. The standard InChI is InChI=1S/C6H3BrClNO2/c7-6-4(8)2-1-3-5(6)9(10)11/h1-3H. The van der Waals surface area contributed by atoms with Crippen LogP contribution in [0.3, 0.4) is 0 Å². The Balaban J connectivity index is 3.27. The number of nitro benzene ring substituents is 1. The van der Waals surface area contributed by atoms with Crippen LogP contribution < -0.4 is 0 Å². The quantitative estimate of drug-likeness (QED) is 0.556. The van der Waals surface area contributed by atoms with E-state index in [-0.39, 0.29) is 5.69 Å². The number of hydrogen-bond donors (Lipinski definition) is 0. The average Bonchev–Trinajstić information content (AvgIpc) is 1.94. The third-order valence-electron chi connectivity index (χ3n) is 1.13. The minimum absolute atomic E-state index is 0.0162. The Morgan fingerprint density at radius 1 is 1.55 bits per heavy atom. The van der Waals surface area contributed by atoms with Crippen molar-refractivity contribution in [2.45, 2.75) is 0 Å². The van der Waals surface area contributed by atoms with Crippen LogP contribution in [-0.4, -0.2) is 4.92 Å². The van der Waals surface area contributed by atoms with Crippen LogP contribution in [-0.2, 0) is 0 Å². The fourth-order valence-corrected chi connectivity index (χ4v) is 1.21. The molecule has 11 heavy (non-hydrogen) atoms. The van der Waals surface area contributed by atoms with Gasteiger partial charge >= 0.3 is 0 Å². The molecule has 0 heterocycles. The van der Waals surface area contributed by atoms with Gasteiger partial charge in [-0.1, -0.05) is 17.7 Å². The third kappa shape index (κ3) is 1.70. The van der Waals surface area contributed by atoms with E-state index in [2.05, 4.69) is 15.9 Å². The van der Waals surface area contributed by atoms with Crippen LogP contribution in [0.2, 0.25) is 5.02 Å². The van der Waals surface area contributed by atoms with Gasteiger partial charge in [0, 0.05) is 6.07 Å². The highest BCUT2D eigenvalue weighted by Crippen LogP contribution is 2.31. The molecule has 0 radical (unpaired) electrons. The van der Waals surface area contributed by atoms with Gasteiger partial charge in [-0.05, 0) is 22.0 Å². The SMILES string of the molecule is O=[N+]([O-])c1cccc(Cl)c1Br. The van der Waals surface area contributed by atoms with Gasteiger partial charge in [0.15, 0.2) is 0 Å². The maximum Gasteiger partial charge on any atom is 0.285 e. The Bertz CT molecular complexity index is 303. The zero-order valence-electron chi connectivity index (χ0n) is 5.25. The van der Waals surface area contributed by atoms with Crippen molar-refractivity contribution in [3.05, 3.63) is 37.8 Å². The third-order valence-corrected chi connectivity index (χ3v) is 2.50. The predicted molar refractivity (Wildman–Crippen MR) is 45.8 cm³/mol. The van der Waals surface area contributed by atoms with Gasteiger partial charge in [-0.25, -0.2) is 0 Å². The number of rotatable bonds is 1. The molecule has 1 rings (SSSR count). The molecule has 58 valence electrons. The van der Waals surface area contributed by atoms with Gasteiger partial charge in [-0.3, -0.25) is 10.1 Å². The zero-order chi connectivity index (χ0) is 8.43. The summed E-state index contributed by atoms with van der Waals surface area (Å²) in [6, 6.07) is 4.50. The maximum atomic E-state index is 10.3. The lowest BCUT2D eigenvalue weighted by molar-refractivity contribution is -0.385. The minimum Gasteiger partial charge on any atom is -0.258 e. The van der Waals surface area contributed by atoms with Gasteiger partial charge < -0.3 is 0 Å². The van der Waals surface area contributed by atoms with Crippen molar-refractivity contribution in [3.63, 3.8) is 0 Å². The second-order valence-electron chi connectivity index (χ2n) is 1.83. The molecule has 0 saturated heterocycles. The van der Waals surface area contributed by atoms with Gasteiger partial charge in [-0.15, -0.1) is 0 Å². The normalized spacial score (nSPS) is 9.64. The number of halogens is 2. The summed E-state index contributed by atoms with van der Waals surface area (Å²) >= 11 is 8.61. The van der Waals surface area contributed by atoms with Crippen LogP contribution in [0.4, 0.5) is 5.69 Å². The second-order valence-corrected chi connectivity index (χ2v) is 3.03. The molecule has 0 N–H and O–H groups in total. The van der Waals surface area contributed by atoms with Crippen molar-refractivity contribution < 1.29 is 4.92 Å². The molecule has 1 aromatic rings. The van der Waals surface area contributed by atoms with Gasteiger partial charge in [0.2, 0.25) is 0 Å². The summed E-state index contributed by atoms with van der Waals surface area (Å²) in [6.45, 7) is 0. The lowest BCUT2D eigenvalue weighted by Crippen LogP contribution is -1.88. The predicted octanol–water partition coefficient (Wildman–Crippen LogP) is 3.01. The van der Waals surface area contributed by atoms with E-state index < -0.39 is 4.92 Å². The molecule has 0 aromatic heterocycles. The first-order valence-corrected chi connectivity index (χ1v) is 3.88. The highest BCUT2D eigenvalue weighted by molar-refractivity contribution is 9.10. The smallest absolute Gasteiger partial charge is 0.258 e. The van der Waals surface area contributed by atoms with E-state index >= 15 is 0 Å². The minimum atomic E-state index is -0.490. The van der Waals surface area contributed by atoms with Crippen molar-refractivity contribution in [2.24, 2.45) is 0 Å². The molecule has 5 heteroatoms. The van der Waals surface area contributed by atoms with Crippen molar-refractivity contribution in [1.29, 1.82) is 0 Å². The maximum absolute atomic E-state index is 10.3. The van der Waals surface area contributed by atoms with E-state index in [0.29, 0.717) is 9.50 Å². The fraction of sp³-hybridized carbons (Fsp3) is 0. The van der Waals surface area contributed by atoms with Crippen molar-refractivity contribution in [3.8, 4) is 0 Å². The van der Waals surface area contributed by atoms with E-state index in [9.17, 15) is 10.1 Å². The highest BCUT2D eigenvalue weighted by atomic mass is 79.9. The molecule has 0 unspecified atom stereocenters. The summed E-state index contributed by atoms with van der Waals surface area (Å²) in [5.41, 5.74) is -0.0162. The van der Waals surface area contributed by atoms with Crippen LogP contribution in [0.5, 0.6) is 0 Å².